The molecule has 1 aliphatic rings. The fourth-order valence-corrected chi connectivity index (χ4v) is 2.53. The highest BCUT2D eigenvalue weighted by molar-refractivity contribution is 6.20. The first-order valence-electron chi connectivity index (χ1n) is 6.50. The van der Waals surface area contributed by atoms with Gasteiger partial charge in [-0.25, -0.2) is 4.98 Å². The number of nitrogens with zero attached hydrogens (tertiary/aromatic N) is 2. The Bertz CT molecular complexity index is 572. The highest BCUT2D eigenvalue weighted by Crippen LogP contribution is 2.42. The lowest BCUT2D eigenvalue weighted by Gasteiger charge is -2.08. The second-order valence-corrected chi connectivity index (χ2v) is 5.40. The third-order valence-electron chi connectivity index (χ3n) is 3.28. The van der Waals surface area contributed by atoms with Gasteiger partial charge in [-0.3, -0.25) is 0 Å². The van der Waals surface area contributed by atoms with E-state index in [1.807, 2.05) is 26.0 Å². The topological polar surface area (TPSA) is 27.1 Å². The average Bonchev–Trinajstić information content (AvgIpc) is 3.10. The highest BCUT2D eigenvalue weighted by Gasteiger charge is 2.30. The van der Waals surface area contributed by atoms with Crippen LogP contribution in [0.3, 0.4) is 0 Å². The molecular weight excluding hydrogens is 248 g/mol. The van der Waals surface area contributed by atoms with Gasteiger partial charge >= 0.3 is 0 Å². The Labute approximate surface area is 112 Å². The molecule has 1 heterocycles. The molecule has 1 aromatic carbocycles. The first-order valence-corrected chi connectivity index (χ1v) is 6.93. The molecule has 0 radical (unpaired) electrons. The van der Waals surface area contributed by atoms with Gasteiger partial charge < -0.3 is 9.30 Å². The molecule has 3 rings (SSSR count). The zero-order valence-corrected chi connectivity index (χ0v) is 11.4. The molecule has 0 N–H and O–H groups in total. The summed E-state index contributed by atoms with van der Waals surface area (Å²) in [5.74, 6) is 1.81. The molecule has 1 aliphatic carbocycles. The number of imidazole rings is 1. The van der Waals surface area contributed by atoms with Crippen molar-refractivity contribution in [1.82, 2.24) is 9.55 Å². The van der Waals surface area contributed by atoms with Crippen LogP contribution < -0.4 is 4.74 Å². The summed E-state index contributed by atoms with van der Waals surface area (Å²) < 4.78 is 7.94. The van der Waals surface area contributed by atoms with Gasteiger partial charge in [0.1, 0.15) is 17.1 Å². The standard InChI is InChI=1S/C14H17ClN2O/c1-3-18-12-6-4-5-11-13(12)16-14(9(2)15)17(11)10-7-8-10/h4-6,9-10H,3,7-8H2,1-2H3. The quantitative estimate of drug-likeness (QED) is 0.779. The maximum atomic E-state index is 6.26. The van der Waals surface area contributed by atoms with Crippen molar-refractivity contribution >= 4 is 22.6 Å². The van der Waals surface area contributed by atoms with Gasteiger partial charge in [-0.2, -0.15) is 0 Å². The number of ether oxygens (including phenoxy) is 1. The van der Waals surface area contributed by atoms with Crippen LogP contribution in [0.4, 0.5) is 0 Å². The van der Waals surface area contributed by atoms with E-state index >= 15 is 0 Å². The summed E-state index contributed by atoms with van der Waals surface area (Å²) in [5.41, 5.74) is 2.08. The molecule has 3 nitrogen and oxygen atoms in total. The van der Waals surface area contributed by atoms with Gasteiger partial charge in [-0.05, 0) is 38.8 Å². The Balaban J connectivity index is 2.22. The van der Waals surface area contributed by atoms with Crippen molar-refractivity contribution in [2.45, 2.75) is 38.1 Å². The molecule has 1 unspecified atom stereocenters. The Morgan fingerprint density at radius 3 is 2.89 bits per heavy atom. The Morgan fingerprint density at radius 2 is 2.28 bits per heavy atom. The Kier molecular flexibility index (Phi) is 2.94. The minimum Gasteiger partial charge on any atom is -0.492 e. The molecule has 1 aromatic heterocycles. The molecule has 2 aromatic rings. The number of fused-ring (bicyclic) bond motifs is 1. The number of halogens is 1. The zero-order valence-electron chi connectivity index (χ0n) is 10.7. The van der Waals surface area contributed by atoms with Crippen LogP contribution in [0.5, 0.6) is 5.75 Å². The van der Waals surface area contributed by atoms with Crippen LogP contribution in [0.15, 0.2) is 18.2 Å². The minimum atomic E-state index is -0.0764. The van der Waals surface area contributed by atoms with Gasteiger partial charge in [-0.1, -0.05) is 6.07 Å². The maximum absolute atomic E-state index is 6.26. The van der Waals surface area contributed by atoms with Gasteiger partial charge in [0.25, 0.3) is 0 Å². The number of aromatic nitrogens is 2. The van der Waals surface area contributed by atoms with Crippen LogP contribution in [-0.2, 0) is 0 Å². The molecule has 0 aliphatic heterocycles. The van der Waals surface area contributed by atoms with E-state index < -0.39 is 0 Å². The van der Waals surface area contributed by atoms with E-state index in [0.717, 1.165) is 22.6 Å². The number of alkyl halides is 1. The lowest BCUT2D eigenvalue weighted by molar-refractivity contribution is 0.343. The highest BCUT2D eigenvalue weighted by atomic mass is 35.5. The van der Waals surface area contributed by atoms with E-state index in [1.165, 1.54) is 12.8 Å². The van der Waals surface area contributed by atoms with Crippen LogP contribution in [0, 0.1) is 0 Å². The van der Waals surface area contributed by atoms with Crippen molar-refractivity contribution in [3.63, 3.8) is 0 Å². The van der Waals surface area contributed by atoms with Gasteiger partial charge in [-0.15, -0.1) is 11.6 Å². The molecular formula is C14H17ClN2O. The SMILES string of the molecule is CCOc1cccc2c1nc(C(C)Cl)n2C1CC1. The number of benzene rings is 1. The van der Waals surface area contributed by atoms with Crippen molar-refractivity contribution in [2.75, 3.05) is 6.61 Å². The second-order valence-electron chi connectivity index (χ2n) is 4.74. The number of hydrogen-bond acceptors (Lipinski definition) is 2. The fraction of sp³-hybridized carbons (Fsp3) is 0.500. The molecule has 4 heteroatoms. The smallest absolute Gasteiger partial charge is 0.147 e. The molecule has 1 fully saturated rings. The van der Waals surface area contributed by atoms with E-state index in [9.17, 15) is 0 Å². The first-order chi connectivity index (χ1) is 8.72. The fourth-order valence-electron chi connectivity index (χ4n) is 2.38. The van der Waals surface area contributed by atoms with E-state index in [0.29, 0.717) is 12.6 Å². The molecule has 0 spiro atoms. The van der Waals surface area contributed by atoms with Crippen molar-refractivity contribution in [1.29, 1.82) is 0 Å². The molecule has 0 amide bonds. The zero-order chi connectivity index (χ0) is 12.7. The summed E-state index contributed by atoms with van der Waals surface area (Å²) in [6.45, 7) is 4.62. The van der Waals surface area contributed by atoms with E-state index in [4.69, 9.17) is 21.3 Å². The summed E-state index contributed by atoms with van der Waals surface area (Å²) in [4.78, 5) is 4.70. The monoisotopic (exact) mass is 264 g/mol. The van der Waals surface area contributed by atoms with Gasteiger partial charge in [0.05, 0.1) is 17.5 Å². The van der Waals surface area contributed by atoms with Gasteiger partial charge in [0.15, 0.2) is 0 Å². The van der Waals surface area contributed by atoms with E-state index in [1.54, 1.807) is 0 Å². The van der Waals surface area contributed by atoms with Crippen LogP contribution in [0.1, 0.15) is 43.9 Å². The summed E-state index contributed by atoms with van der Waals surface area (Å²) in [7, 11) is 0. The van der Waals surface area contributed by atoms with Crippen molar-refractivity contribution in [3.8, 4) is 5.75 Å². The van der Waals surface area contributed by atoms with Crippen molar-refractivity contribution in [3.05, 3.63) is 24.0 Å². The van der Waals surface area contributed by atoms with Crippen molar-refractivity contribution in [2.24, 2.45) is 0 Å². The molecule has 0 bridgehead atoms. The number of rotatable bonds is 4. The summed E-state index contributed by atoms with van der Waals surface area (Å²) in [5, 5.41) is -0.0764. The van der Waals surface area contributed by atoms with Crippen LogP contribution in [-0.4, -0.2) is 16.2 Å². The molecule has 1 atom stereocenters. The lowest BCUT2D eigenvalue weighted by atomic mass is 10.3. The Hall–Kier alpha value is -1.22. The largest absolute Gasteiger partial charge is 0.492 e. The van der Waals surface area contributed by atoms with Gasteiger partial charge in [0.2, 0.25) is 0 Å². The summed E-state index contributed by atoms with van der Waals surface area (Å²) in [6, 6.07) is 6.67. The average molecular weight is 265 g/mol. The number of para-hydroxylation sites is 1. The molecule has 1 saturated carbocycles. The van der Waals surface area contributed by atoms with E-state index in [-0.39, 0.29) is 5.38 Å². The third-order valence-corrected chi connectivity index (χ3v) is 3.47. The van der Waals surface area contributed by atoms with Gasteiger partial charge in [0, 0.05) is 6.04 Å². The van der Waals surface area contributed by atoms with Crippen molar-refractivity contribution < 1.29 is 4.74 Å². The molecule has 0 saturated heterocycles. The predicted molar refractivity (Wildman–Crippen MR) is 73.4 cm³/mol. The summed E-state index contributed by atoms with van der Waals surface area (Å²) in [6.07, 6.45) is 2.45. The molecule has 18 heavy (non-hydrogen) atoms. The van der Waals surface area contributed by atoms with Crippen LogP contribution in [0.25, 0.3) is 11.0 Å². The molecule has 96 valence electrons. The third kappa shape index (κ3) is 1.87. The minimum absolute atomic E-state index is 0.0764. The first kappa shape index (κ1) is 11.8. The lowest BCUT2D eigenvalue weighted by Crippen LogP contribution is -2.01. The number of hydrogen-bond donors (Lipinski definition) is 0. The maximum Gasteiger partial charge on any atom is 0.147 e. The van der Waals surface area contributed by atoms with E-state index in [2.05, 4.69) is 10.6 Å². The van der Waals surface area contributed by atoms with Crippen LogP contribution in [0.2, 0.25) is 0 Å². The summed E-state index contributed by atoms with van der Waals surface area (Å²) >= 11 is 6.26. The predicted octanol–water partition coefficient (Wildman–Crippen LogP) is 4.07. The Morgan fingerprint density at radius 1 is 1.50 bits per heavy atom. The van der Waals surface area contributed by atoms with Crippen LogP contribution >= 0.6 is 11.6 Å². The second kappa shape index (κ2) is 4.47. The normalized spacial score (nSPS) is 17.1.